The van der Waals surface area contributed by atoms with Crippen molar-refractivity contribution < 1.29 is 0 Å². The van der Waals surface area contributed by atoms with Gasteiger partial charge >= 0.3 is 0 Å². The molecule has 1 aromatic heterocycles. The zero-order chi connectivity index (χ0) is 13.5. The van der Waals surface area contributed by atoms with E-state index < -0.39 is 0 Å². The predicted octanol–water partition coefficient (Wildman–Crippen LogP) is 2.67. The number of nitrogens with zero attached hydrogens (tertiary/aromatic N) is 2. The molecule has 3 nitrogen and oxygen atoms in total. The monoisotopic (exact) mass is 251 g/mol. The van der Waals surface area contributed by atoms with Crippen molar-refractivity contribution in [3.63, 3.8) is 0 Å². The Morgan fingerprint density at radius 3 is 2.74 bits per heavy atom. The molecule has 19 heavy (non-hydrogen) atoms. The summed E-state index contributed by atoms with van der Waals surface area (Å²) in [5.41, 5.74) is 2.89. The van der Waals surface area contributed by atoms with E-state index in [1.54, 1.807) is 6.20 Å². The van der Waals surface area contributed by atoms with Crippen LogP contribution in [0, 0.1) is 11.3 Å². The van der Waals surface area contributed by atoms with Crippen molar-refractivity contribution in [2.24, 2.45) is 0 Å². The van der Waals surface area contributed by atoms with Gasteiger partial charge in [0.05, 0.1) is 0 Å². The predicted molar refractivity (Wildman–Crippen MR) is 75.4 cm³/mol. The minimum Gasteiger partial charge on any atom is -0.310 e. The lowest BCUT2D eigenvalue weighted by molar-refractivity contribution is 0.545. The van der Waals surface area contributed by atoms with Crippen LogP contribution in [0.4, 0.5) is 0 Å². The highest BCUT2D eigenvalue weighted by Crippen LogP contribution is 2.05. The van der Waals surface area contributed by atoms with Crippen LogP contribution in [0.25, 0.3) is 0 Å². The molecule has 1 N–H and O–H groups in total. The first-order valence-corrected chi connectivity index (χ1v) is 6.40. The van der Waals surface area contributed by atoms with Crippen molar-refractivity contribution in [3.8, 4) is 6.07 Å². The summed E-state index contributed by atoms with van der Waals surface area (Å²) in [7, 11) is 0. The van der Waals surface area contributed by atoms with Gasteiger partial charge in [0, 0.05) is 18.8 Å². The second-order valence-electron chi connectivity index (χ2n) is 4.63. The van der Waals surface area contributed by atoms with Gasteiger partial charge in [-0.3, -0.25) is 0 Å². The van der Waals surface area contributed by atoms with Gasteiger partial charge in [-0.15, -0.1) is 0 Å². The molecular formula is C16H17N3. The average molecular weight is 251 g/mol. The standard InChI is InChI=1S/C16H17N3/c1-13(9-14-5-3-2-4-6-14)19-12-15-7-8-18-16(10-15)11-17/h2-8,10,13,19H,9,12H2,1H3. The van der Waals surface area contributed by atoms with Crippen LogP contribution < -0.4 is 5.32 Å². The first-order chi connectivity index (χ1) is 9.28. The normalized spacial score (nSPS) is 11.8. The Bertz CT molecular complexity index is 558. The number of hydrogen-bond acceptors (Lipinski definition) is 3. The van der Waals surface area contributed by atoms with E-state index in [1.165, 1.54) is 5.56 Å². The summed E-state index contributed by atoms with van der Waals surface area (Å²) in [5, 5.41) is 12.3. The van der Waals surface area contributed by atoms with E-state index in [0.717, 1.165) is 18.5 Å². The Morgan fingerprint density at radius 1 is 1.21 bits per heavy atom. The molecule has 0 aliphatic rings. The molecule has 0 fully saturated rings. The summed E-state index contributed by atoms with van der Waals surface area (Å²) < 4.78 is 0. The molecule has 0 radical (unpaired) electrons. The van der Waals surface area contributed by atoms with E-state index in [1.807, 2.05) is 18.2 Å². The molecule has 1 unspecified atom stereocenters. The van der Waals surface area contributed by atoms with Gasteiger partial charge in [-0.25, -0.2) is 4.98 Å². The number of hydrogen-bond donors (Lipinski definition) is 1. The van der Waals surface area contributed by atoms with E-state index in [-0.39, 0.29) is 0 Å². The number of nitriles is 1. The highest BCUT2D eigenvalue weighted by Gasteiger charge is 2.03. The van der Waals surface area contributed by atoms with Gasteiger partial charge in [-0.2, -0.15) is 5.26 Å². The van der Waals surface area contributed by atoms with Gasteiger partial charge < -0.3 is 5.32 Å². The van der Waals surface area contributed by atoms with Crippen LogP contribution >= 0.6 is 0 Å². The summed E-state index contributed by atoms with van der Waals surface area (Å²) in [4.78, 5) is 3.96. The van der Waals surface area contributed by atoms with Crippen molar-refractivity contribution in [2.45, 2.75) is 25.9 Å². The van der Waals surface area contributed by atoms with Gasteiger partial charge in [-0.05, 0) is 36.6 Å². The molecule has 2 rings (SSSR count). The lowest BCUT2D eigenvalue weighted by Gasteiger charge is -2.14. The summed E-state index contributed by atoms with van der Waals surface area (Å²) in [6.07, 6.45) is 2.68. The molecule has 3 heteroatoms. The largest absolute Gasteiger partial charge is 0.310 e. The molecule has 1 atom stereocenters. The maximum atomic E-state index is 8.80. The number of rotatable bonds is 5. The van der Waals surface area contributed by atoms with Crippen LogP contribution in [0.3, 0.4) is 0 Å². The molecule has 0 aliphatic carbocycles. The highest BCUT2D eigenvalue weighted by atomic mass is 14.9. The number of nitrogens with one attached hydrogen (secondary N) is 1. The van der Waals surface area contributed by atoms with Gasteiger partial charge in [0.1, 0.15) is 11.8 Å². The Morgan fingerprint density at radius 2 is 2.00 bits per heavy atom. The van der Waals surface area contributed by atoms with Crippen molar-refractivity contribution in [2.75, 3.05) is 0 Å². The summed E-state index contributed by atoms with van der Waals surface area (Å²) >= 11 is 0. The van der Waals surface area contributed by atoms with E-state index in [9.17, 15) is 0 Å². The van der Waals surface area contributed by atoms with Crippen LogP contribution in [0.5, 0.6) is 0 Å². The lowest BCUT2D eigenvalue weighted by Crippen LogP contribution is -2.27. The maximum Gasteiger partial charge on any atom is 0.140 e. The fourth-order valence-electron chi connectivity index (χ4n) is 1.98. The average Bonchev–Trinajstić information content (AvgIpc) is 2.46. The van der Waals surface area contributed by atoms with Gasteiger partial charge in [0.15, 0.2) is 0 Å². The molecule has 0 aliphatic heterocycles. The van der Waals surface area contributed by atoms with Crippen molar-refractivity contribution >= 4 is 0 Å². The summed E-state index contributed by atoms with van der Waals surface area (Å²) in [5.74, 6) is 0. The smallest absolute Gasteiger partial charge is 0.140 e. The molecular weight excluding hydrogens is 234 g/mol. The fourth-order valence-corrected chi connectivity index (χ4v) is 1.98. The molecule has 0 amide bonds. The molecule has 2 aromatic rings. The zero-order valence-electron chi connectivity index (χ0n) is 11.0. The molecule has 96 valence electrons. The van der Waals surface area contributed by atoms with Crippen molar-refractivity contribution in [1.29, 1.82) is 5.26 Å². The second-order valence-corrected chi connectivity index (χ2v) is 4.63. The van der Waals surface area contributed by atoms with E-state index in [4.69, 9.17) is 5.26 Å². The fraction of sp³-hybridized carbons (Fsp3) is 0.250. The van der Waals surface area contributed by atoms with Crippen LogP contribution in [0.2, 0.25) is 0 Å². The molecule has 1 aromatic carbocycles. The summed E-state index contributed by atoms with van der Waals surface area (Å²) in [6, 6.07) is 16.6. The number of pyridine rings is 1. The Labute approximate surface area is 113 Å². The minimum atomic E-state index is 0.390. The molecule has 0 saturated carbocycles. The van der Waals surface area contributed by atoms with Crippen LogP contribution in [-0.4, -0.2) is 11.0 Å². The Balaban J connectivity index is 1.86. The van der Waals surface area contributed by atoms with E-state index in [2.05, 4.69) is 47.6 Å². The quantitative estimate of drug-likeness (QED) is 0.888. The number of aromatic nitrogens is 1. The van der Waals surface area contributed by atoms with E-state index >= 15 is 0 Å². The first kappa shape index (κ1) is 13.3. The zero-order valence-corrected chi connectivity index (χ0v) is 11.0. The molecule has 0 saturated heterocycles. The van der Waals surface area contributed by atoms with Crippen LogP contribution in [0.1, 0.15) is 23.7 Å². The molecule has 1 heterocycles. The van der Waals surface area contributed by atoms with Crippen LogP contribution in [-0.2, 0) is 13.0 Å². The maximum absolute atomic E-state index is 8.80. The second kappa shape index (κ2) is 6.67. The minimum absolute atomic E-state index is 0.390. The van der Waals surface area contributed by atoms with Crippen LogP contribution in [0.15, 0.2) is 48.7 Å². The van der Waals surface area contributed by atoms with Crippen molar-refractivity contribution in [3.05, 3.63) is 65.5 Å². The first-order valence-electron chi connectivity index (χ1n) is 6.40. The third kappa shape index (κ3) is 4.20. The van der Waals surface area contributed by atoms with E-state index in [0.29, 0.717) is 11.7 Å². The van der Waals surface area contributed by atoms with Gasteiger partial charge in [0.25, 0.3) is 0 Å². The molecule has 0 spiro atoms. The van der Waals surface area contributed by atoms with Gasteiger partial charge in [0.2, 0.25) is 0 Å². The van der Waals surface area contributed by atoms with Gasteiger partial charge in [-0.1, -0.05) is 30.3 Å². The Kier molecular flexibility index (Phi) is 4.66. The molecule has 0 bridgehead atoms. The van der Waals surface area contributed by atoms with Crippen molar-refractivity contribution in [1.82, 2.24) is 10.3 Å². The Hall–Kier alpha value is -2.18. The summed E-state index contributed by atoms with van der Waals surface area (Å²) in [6.45, 7) is 2.92. The SMILES string of the molecule is CC(Cc1ccccc1)NCc1ccnc(C#N)c1. The number of benzene rings is 1. The topological polar surface area (TPSA) is 48.7 Å². The third-order valence-corrected chi connectivity index (χ3v) is 2.98. The lowest BCUT2D eigenvalue weighted by atomic mass is 10.1. The third-order valence-electron chi connectivity index (χ3n) is 2.98. The highest BCUT2D eigenvalue weighted by molar-refractivity contribution is 5.25.